The van der Waals surface area contributed by atoms with Gasteiger partial charge in [-0.1, -0.05) is 11.6 Å². The number of ether oxygens (including phenoxy) is 2. The SMILES string of the molecule is CN=C(NCc1cc(Cl)c2c(c1)OCCO2)N1CCS(=O)(=O)C(C)(C)C1.I. The summed E-state index contributed by atoms with van der Waals surface area (Å²) in [6, 6.07) is 3.73. The molecule has 0 spiro atoms. The summed E-state index contributed by atoms with van der Waals surface area (Å²) in [5.74, 6) is 2.00. The number of halogens is 2. The van der Waals surface area contributed by atoms with Crippen LogP contribution in [0.25, 0.3) is 0 Å². The van der Waals surface area contributed by atoms with Crippen LogP contribution < -0.4 is 14.8 Å². The number of aliphatic imine (C=N–C) groups is 1. The molecule has 0 aromatic heterocycles. The number of hydrogen-bond acceptors (Lipinski definition) is 5. The molecule has 2 aliphatic heterocycles. The molecule has 0 bridgehead atoms. The Balaban J connectivity index is 0.00000261. The van der Waals surface area contributed by atoms with Gasteiger partial charge in [0.25, 0.3) is 0 Å². The minimum Gasteiger partial charge on any atom is -0.486 e. The maximum atomic E-state index is 12.2. The molecule has 0 aliphatic carbocycles. The first-order valence-electron chi connectivity index (χ1n) is 8.49. The number of nitrogens with one attached hydrogen (secondary N) is 1. The predicted octanol–water partition coefficient (Wildman–Crippen LogP) is 2.31. The van der Waals surface area contributed by atoms with Crippen LogP contribution in [0.4, 0.5) is 0 Å². The number of benzene rings is 1. The fourth-order valence-electron chi connectivity index (χ4n) is 3.10. The standard InChI is InChI=1S/C17H24ClN3O4S.HI/c1-17(2)11-21(4-7-26(17,22)23)16(19-3)20-10-12-8-13(18)15-14(9-12)24-5-6-25-15;/h8-9H,4-7,10-11H2,1-3H3,(H,19,20);1H. The van der Waals surface area contributed by atoms with E-state index in [2.05, 4.69) is 10.3 Å². The lowest BCUT2D eigenvalue weighted by atomic mass is 10.2. The smallest absolute Gasteiger partial charge is 0.193 e. The van der Waals surface area contributed by atoms with E-state index in [-0.39, 0.29) is 29.7 Å². The van der Waals surface area contributed by atoms with Crippen molar-refractivity contribution in [1.82, 2.24) is 10.2 Å². The van der Waals surface area contributed by atoms with Crippen molar-refractivity contribution in [1.29, 1.82) is 0 Å². The number of rotatable bonds is 2. The van der Waals surface area contributed by atoms with Crippen LogP contribution in [0.15, 0.2) is 17.1 Å². The second-order valence-electron chi connectivity index (χ2n) is 7.00. The van der Waals surface area contributed by atoms with E-state index >= 15 is 0 Å². The largest absolute Gasteiger partial charge is 0.486 e. The minimum absolute atomic E-state index is 0. The molecule has 1 fully saturated rings. The van der Waals surface area contributed by atoms with Gasteiger partial charge in [0.2, 0.25) is 0 Å². The van der Waals surface area contributed by atoms with Crippen LogP contribution in [0.1, 0.15) is 19.4 Å². The molecular formula is C17H25ClIN3O4S. The van der Waals surface area contributed by atoms with E-state index in [1.807, 2.05) is 17.0 Å². The molecule has 1 saturated heterocycles. The second-order valence-corrected chi connectivity index (χ2v) is 10.2. The molecule has 1 aromatic rings. The van der Waals surface area contributed by atoms with Gasteiger partial charge in [-0.05, 0) is 31.5 Å². The zero-order valence-electron chi connectivity index (χ0n) is 15.6. The number of nitrogens with zero attached hydrogens (tertiary/aromatic N) is 2. The Labute approximate surface area is 182 Å². The van der Waals surface area contributed by atoms with Gasteiger partial charge in [-0.15, -0.1) is 24.0 Å². The van der Waals surface area contributed by atoms with E-state index in [0.29, 0.717) is 55.3 Å². The predicted molar refractivity (Wildman–Crippen MR) is 117 cm³/mol. The highest BCUT2D eigenvalue weighted by molar-refractivity contribution is 14.0. The summed E-state index contributed by atoms with van der Waals surface area (Å²) < 4.78 is 34.7. The molecular weight excluding hydrogens is 505 g/mol. The molecule has 3 rings (SSSR count). The third kappa shape index (κ3) is 4.73. The first kappa shape index (κ1) is 22.4. The summed E-state index contributed by atoms with van der Waals surface area (Å²) in [5.41, 5.74) is 0.935. The van der Waals surface area contributed by atoms with Gasteiger partial charge in [-0.3, -0.25) is 4.99 Å². The second kappa shape index (κ2) is 8.60. The van der Waals surface area contributed by atoms with E-state index in [1.165, 1.54) is 0 Å². The van der Waals surface area contributed by atoms with Crippen LogP contribution in [0.5, 0.6) is 11.5 Å². The molecule has 0 amide bonds. The van der Waals surface area contributed by atoms with Crippen molar-refractivity contribution in [3.8, 4) is 11.5 Å². The van der Waals surface area contributed by atoms with Crippen molar-refractivity contribution < 1.29 is 17.9 Å². The van der Waals surface area contributed by atoms with E-state index in [4.69, 9.17) is 21.1 Å². The summed E-state index contributed by atoms with van der Waals surface area (Å²) in [5, 5.41) is 3.79. The number of fused-ring (bicyclic) bond motifs is 1. The van der Waals surface area contributed by atoms with E-state index in [9.17, 15) is 8.42 Å². The summed E-state index contributed by atoms with van der Waals surface area (Å²) in [7, 11) is -1.40. The van der Waals surface area contributed by atoms with Crippen molar-refractivity contribution in [2.24, 2.45) is 4.99 Å². The Bertz CT molecular complexity index is 830. The van der Waals surface area contributed by atoms with Crippen LogP contribution in [-0.2, 0) is 16.4 Å². The molecule has 7 nitrogen and oxygen atoms in total. The quantitative estimate of drug-likeness (QED) is 0.360. The molecule has 2 aliphatic rings. The minimum atomic E-state index is -3.09. The van der Waals surface area contributed by atoms with Crippen molar-refractivity contribution in [3.05, 3.63) is 22.7 Å². The highest BCUT2D eigenvalue weighted by Gasteiger charge is 2.40. The summed E-state index contributed by atoms with van der Waals surface area (Å²) >= 11 is 6.27. The average Bonchev–Trinajstić information content (AvgIpc) is 2.58. The molecule has 1 N–H and O–H groups in total. The third-order valence-corrected chi connectivity index (χ3v) is 7.48. The lowest BCUT2D eigenvalue weighted by molar-refractivity contribution is 0.171. The Morgan fingerprint density at radius 3 is 2.70 bits per heavy atom. The zero-order valence-corrected chi connectivity index (χ0v) is 19.5. The maximum Gasteiger partial charge on any atom is 0.193 e. The summed E-state index contributed by atoms with van der Waals surface area (Å²) in [4.78, 5) is 6.27. The lowest BCUT2D eigenvalue weighted by Gasteiger charge is -2.39. The topological polar surface area (TPSA) is 80.2 Å². The van der Waals surface area contributed by atoms with Crippen LogP contribution in [-0.4, -0.2) is 63.1 Å². The van der Waals surface area contributed by atoms with Gasteiger partial charge >= 0.3 is 0 Å². The molecule has 0 saturated carbocycles. The van der Waals surface area contributed by atoms with Crippen molar-refractivity contribution >= 4 is 51.4 Å². The molecule has 2 heterocycles. The van der Waals surface area contributed by atoms with Crippen LogP contribution in [0, 0.1) is 0 Å². The average molecular weight is 530 g/mol. The van der Waals surface area contributed by atoms with Gasteiger partial charge < -0.3 is 19.7 Å². The first-order valence-corrected chi connectivity index (χ1v) is 10.5. The Hall–Kier alpha value is -0.940. The molecule has 10 heteroatoms. The summed E-state index contributed by atoms with van der Waals surface area (Å²) in [6.07, 6.45) is 0. The molecule has 27 heavy (non-hydrogen) atoms. The van der Waals surface area contributed by atoms with Gasteiger partial charge in [0.05, 0.1) is 15.5 Å². The Morgan fingerprint density at radius 1 is 1.33 bits per heavy atom. The normalized spacial score (nSPS) is 20.6. The van der Waals surface area contributed by atoms with E-state index < -0.39 is 14.6 Å². The summed E-state index contributed by atoms with van der Waals surface area (Å²) in [6.45, 7) is 5.81. The Morgan fingerprint density at radius 2 is 2.04 bits per heavy atom. The fraction of sp³-hybridized carbons (Fsp3) is 0.588. The van der Waals surface area contributed by atoms with Crippen LogP contribution in [0.2, 0.25) is 5.02 Å². The van der Waals surface area contributed by atoms with Gasteiger partial charge in [0, 0.05) is 26.7 Å². The van der Waals surface area contributed by atoms with Gasteiger partial charge in [-0.2, -0.15) is 0 Å². The fourth-order valence-corrected chi connectivity index (χ4v) is 4.76. The van der Waals surface area contributed by atoms with Crippen LogP contribution >= 0.6 is 35.6 Å². The van der Waals surface area contributed by atoms with E-state index in [1.54, 1.807) is 20.9 Å². The van der Waals surface area contributed by atoms with Crippen molar-refractivity contribution in [2.75, 3.05) is 39.1 Å². The van der Waals surface area contributed by atoms with Crippen LogP contribution in [0.3, 0.4) is 0 Å². The van der Waals surface area contributed by atoms with Crippen molar-refractivity contribution in [2.45, 2.75) is 25.1 Å². The zero-order chi connectivity index (χ0) is 18.9. The number of guanidine groups is 1. The first-order chi connectivity index (χ1) is 12.2. The molecule has 0 atom stereocenters. The monoisotopic (exact) mass is 529 g/mol. The Kier molecular flexibility index (Phi) is 7.12. The molecule has 0 radical (unpaired) electrons. The van der Waals surface area contributed by atoms with Crippen molar-refractivity contribution in [3.63, 3.8) is 0 Å². The highest BCUT2D eigenvalue weighted by Crippen LogP contribution is 2.38. The van der Waals surface area contributed by atoms with Gasteiger partial charge in [0.1, 0.15) is 13.2 Å². The molecule has 0 unspecified atom stereocenters. The molecule has 152 valence electrons. The maximum absolute atomic E-state index is 12.2. The van der Waals surface area contributed by atoms with Gasteiger partial charge in [-0.25, -0.2) is 8.42 Å². The number of sulfone groups is 1. The van der Waals surface area contributed by atoms with E-state index in [0.717, 1.165) is 5.56 Å². The third-order valence-electron chi connectivity index (χ3n) is 4.66. The highest BCUT2D eigenvalue weighted by atomic mass is 127. The number of hydrogen-bond donors (Lipinski definition) is 1. The lowest BCUT2D eigenvalue weighted by Crippen LogP contribution is -2.57. The molecule has 1 aromatic carbocycles. The van der Waals surface area contributed by atoms with Gasteiger partial charge in [0.15, 0.2) is 27.3 Å².